The van der Waals surface area contributed by atoms with Gasteiger partial charge >= 0.3 is 5.97 Å². The van der Waals surface area contributed by atoms with Gasteiger partial charge in [0.1, 0.15) is 23.4 Å². The highest BCUT2D eigenvalue weighted by Gasteiger charge is 2.49. The molecular formula is C17H15NO5. The van der Waals surface area contributed by atoms with Gasteiger partial charge in [0.05, 0.1) is 5.92 Å². The van der Waals surface area contributed by atoms with E-state index in [1.54, 1.807) is 0 Å². The summed E-state index contributed by atoms with van der Waals surface area (Å²) in [5.74, 6) is -0.985. The molecule has 2 aliphatic rings. The van der Waals surface area contributed by atoms with E-state index in [9.17, 15) is 20.1 Å². The van der Waals surface area contributed by atoms with Gasteiger partial charge in [-0.3, -0.25) is 0 Å². The number of phenols is 2. The highest BCUT2D eigenvalue weighted by atomic mass is 16.5. The number of aryl methyl sites for hydroxylation is 1. The zero-order valence-corrected chi connectivity index (χ0v) is 12.3. The first-order valence-electron chi connectivity index (χ1n) is 7.28. The molecule has 2 aromatic rings. The van der Waals surface area contributed by atoms with Gasteiger partial charge in [0.25, 0.3) is 0 Å². The van der Waals surface area contributed by atoms with E-state index in [1.165, 1.54) is 12.1 Å². The molecule has 0 saturated heterocycles. The van der Waals surface area contributed by atoms with E-state index in [1.807, 2.05) is 25.1 Å². The summed E-state index contributed by atoms with van der Waals surface area (Å²) in [7, 11) is 0. The Bertz CT molecular complexity index is 832. The minimum absolute atomic E-state index is 0.0794. The summed E-state index contributed by atoms with van der Waals surface area (Å²) < 4.78 is 5.94. The van der Waals surface area contributed by atoms with E-state index in [0.29, 0.717) is 17.0 Å². The molecule has 4 N–H and O–H groups in total. The van der Waals surface area contributed by atoms with E-state index in [4.69, 9.17) is 4.74 Å². The molecule has 0 amide bonds. The first-order chi connectivity index (χ1) is 11.0. The summed E-state index contributed by atoms with van der Waals surface area (Å²) in [6, 6.07) is 7.38. The first-order valence-corrected chi connectivity index (χ1v) is 7.28. The zero-order valence-electron chi connectivity index (χ0n) is 12.3. The van der Waals surface area contributed by atoms with Crippen LogP contribution in [0.4, 0.5) is 5.69 Å². The minimum Gasteiger partial charge on any atom is -0.508 e. The summed E-state index contributed by atoms with van der Waals surface area (Å²) in [6.07, 6.45) is -0.661. The first kappa shape index (κ1) is 13.8. The van der Waals surface area contributed by atoms with Crippen molar-refractivity contribution in [1.29, 1.82) is 0 Å². The van der Waals surface area contributed by atoms with Crippen LogP contribution in [0.3, 0.4) is 0 Å². The van der Waals surface area contributed by atoms with Crippen LogP contribution >= 0.6 is 0 Å². The SMILES string of the molecule is Cc1cccc2c1OC1C(C(=O)O)Nc3cc(O)cc(O)c3C21. The molecular weight excluding hydrogens is 298 g/mol. The Morgan fingerprint density at radius 1 is 1.26 bits per heavy atom. The van der Waals surface area contributed by atoms with Crippen molar-refractivity contribution in [3.63, 3.8) is 0 Å². The van der Waals surface area contributed by atoms with Crippen molar-refractivity contribution in [1.82, 2.24) is 0 Å². The van der Waals surface area contributed by atoms with Gasteiger partial charge in [0.2, 0.25) is 0 Å². The fourth-order valence-electron chi connectivity index (χ4n) is 3.56. The monoisotopic (exact) mass is 313 g/mol. The molecule has 23 heavy (non-hydrogen) atoms. The maximum absolute atomic E-state index is 11.6. The fourth-order valence-corrected chi connectivity index (χ4v) is 3.56. The number of benzene rings is 2. The van der Waals surface area contributed by atoms with E-state index >= 15 is 0 Å². The number of carboxylic acids is 1. The molecule has 4 rings (SSSR count). The fraction of sp³-hybridized carbons (Fsp3) is 0.235. The van der Waals surface area contributed by atoms with Gasteiger partial charge in [-0.1, -0.05) is 18.2 Å². The van der Waals surface area contributed by atoms with Gasteiger partial charge in [-0.05, 0) is 12.5 Å². The number of hydrogen-bond acceptors (Lipinski definition) is 5. The van der Waals surface area contributed by atoms with Crippen molar-refractivity contribution in [3.8, 4) is 17.2 Å². The standard InChI is InChI=1S/C17H15NO5/c1-7-3-2-4-9-12-13-10(5-8(19)6-11(13)20)18-14(17(21)22)16(12)23-15(7)9/h2-6,12,14,16,18-20H,1H3,(H,21,22). The quantitative estimate of drug-likeness (QED) is 0.644. The molecule has 6 heteroatoms. The highest BCUT2D eigenvalue weighted by Crippen LogP contribution is 2.52. The van der Waals surface area contributed by atoms with Crippen molar-refractivity contribution in [2.24, 2.45) is 0 Å². The van der Waals surface area contributed by atoms with Crippen LogP contribution < -0.4 is 10.1 Å². The van der Waals surface area contributed by atoms with Gasteiger partial charge < -0.3 is 25.4 Å². The largest absolute Gasteiger partial charge is 0.508 e. The maximum atomic E-state index is 11.6. The topological polar surface area (TPSA) is 99.0 Å². The predicted molar refractivity (Wildman–Crippen MR) is 82.3 cm³/mol. The van der Waals surface area contributed by atoms with Crippen molar-refractivity contribution in [2.45, 2.75) is 25.0 Å². The molecule has 3 unspecified atom stereocenters. The van der Waals surface area contributed by atoms with Crippen LogP contribution in [-0.4, -0.2) is 33.4 Å². The lowest BCUT2D eigenvalue weighted by atomic mass is 9.80. The predicted octanol–water partition coefficient (Wildman–Crippen LogP) is 2.18. The van der Waals surface area contributed by atoms with Crippen molar-refractivity contribution in [2.75, 3.05) is 5.32 Å². The lowest BCUT2D eigenvalue weighted by molar-refractivity contribution is -0.140. The summed E-state index contributed by atoms with van der Waals surface area (Å²) in [5.41, 5.74) is 2.73. The third-order valence-electron chi connectivity index (χ3n) is 4.52. The van der Waals surface area contributed by atoms with Crippen LogP contribution in [0.2, 0.25) is 0 Å². The van der Waals surface area contributed by atoms with E-state index in [0.717, 1.165) is 11.1 Å². The number of hydrogen-bond donors (Lipinski definition) is 4. The van der Waals surface area contributed by atoms with E-state index in [2.05, 4.69) is 5.32 Å². The third-order valence-corrected chi connectivity index (χ3v) is 4.52. The Morgan fingerprint density at radius 3 is 2.78 bits per heavy atom. The Labute approximate surface area is 132 Å². The minimum atomic E-state index is -1.04. The molecule has 0 saturated carbocycles. The second-order valence-corrected chi connectivity index (χ2v) is 5.94. The molecule has 118 valence electrons. The molecule has 0 spiro atoms. The van der Waals surface area contributed by atoms with E-state index < -0.39 is 24.0 Å². The normalized spacial score (nSPS) is 24.0. The maximum Gasteiger partial charge on any atom is 0.330 e. The number of carbonyl (C=O) groups is 1. The molecule has 2 aromatic carbocycles. The van der Waals surface area contributed by atoms with Crippen molar-refractivity contribution in [3.05, 3.63) is 47.0 Å². The molecule has 0 aromatic heterocycles. The Kier molecular flexibility index (Phi) is 2.72. The molecule has 0 aliphatic carbocycles. The second-order valence-electron chi connectivity index (χ2n) is 5.94. The van der Waals surface area contributed by atoms with Gasteiger partial charge in [-0.15, -0.1) is 0 Å². The summed E-state index contributed by atoms with van der Waals surface area (Å²) in [4.78, 5) is 11.6. The molecule has 0 radical (unpaired) electrons. The molecule has 2 aliphatic heterocycles. The number of para-hydroxylation sites is 1. The summed E-state index contributed by atoms with van der Waals surface area (Å²) in [6.45, 7) is 1.90. The van der Waals surface area contributed by atoms with Crippen molar-refractivity contribution < 1.29 is 24.9 Å². The van der Waals surface area contributed by atoms with Crippen LogP contribution in [0.15, 0.2) is 30.3 Å². The van der Waals surface area contributed by atoms with Crippen LogP contribution in [-0.2, 0) is 4.79 Å². The third kappa shape index (κ3) is 1.84. The molecule has 6 nitrogen and oxygen atoms in total. The molecule has 0 fully saturated rings. The number of ether oxygens (including phenoxy) is 1. The van der Waals surface area contributed by atoms with Crippen LogP contribution in [0.25, 0.3) is 0 Å². The number of nitrogens with one attached hydrogen (secondary N) is 1. The van der Waals surface area contributed by atoms with Crippen LogP contribution in [0.5, 0.6) is 17.2 Å². The number of rotatable bonds is 1. The van der Waals surface area contributed by atoms with Gasteiger partial charge in [0, 0.05) is 28.9 Å². The number of anilines is 1. The average Bonchev–Trinajstić information content (AvgIpc) is 2.86. The van der Waals surface area contributed by atoms with Gasteiger partial charge in [-0.25, -0.2) is 4.79 Å². The van der Waals surface area contributed by atoms with Gasteiger partial charge in [-0.2, -0.15) is 0 Å². The lowest BCUT2D eigenvalue weighted by Gasteiger charge is -2.34. The molecule has 2 heterocycles. The van der Waals surface area contributed by atoms with Crippen LogP contribution in [0, 0.1) is 6.92 Å². The average molecular weight is 313 g/mol. The highest BCUT2D eigenvalue weighted by molar-refractivity contribution is 5.83. The van der Waals surface area contributed by atoms with Crippen LogP contribution in [0.1, 0.15) is 22.6 Å². The van der Waals surface area contributed by atoms with E-state index in [-0.39, 0.29) is 11.5 Å². The number of aromatic hydroxyl groups is 2. The second kappa shape index (κ2) is 4.55. The van der Waals surface area contributed by atoms with Gasteiger partial charge in [0.15, 0.2) is 6.04 Å². The number of aliphatic carboxylic acids is 1. The Balaban J connectivity index is 1.98. The number of phenolic OH excluding ortho intramolecular Hbond substituents is 2. The van der Waals surface area contributed by atoms with Crippen molar-refractivity contribution >= 4 is 11.7 Å². The molecule has 0 bridgehead atoms. The Morgan fingerprint density at radius 2 is 2.04 bits per heavy atom. The smallest absolute Gasteiger partial charge is 0.330 e. The summed E-state index contributed by atoms with van der Waals surface area (Å²) >= 11 is 0. The zero-order chi connectivity index (χ0) is 16.3. The number of fused-ring (bicyclic) bond motifs is 5. The lowest BCUT2D eigenvalue weighted by Crippen LogP contribution is -2.48. The summed E-state index contributed by atoms with van der Waals surface area (Å²) in [5, 5.41) is 32.4. The number of carboxylic acid groups (broad SMARTS) is 1. The Hall–Kier alpha value is -2.89. The molecule has 3 atom stereocenters.